The number of hydrogen-bond donors (Lipinski definition) is 5. The number of nitrogens with two attached hydrogens (primary N) is 2. The molecule has 0 aromatic carbocycles. The van der Waals surface area contributed by atoms with E-state index in [1.807, 2.05) is 6.21 Å². The first-order valence-corrected chi connectivity index (χ1v) is 11.9. The van der Waals surface area contributed by atoms with Crippen molar-refractivity contribution in [3.8, 4) is 0 Å². The molecular formula is C23H41N5O2. The minimum absolute atomic E-state index is 0.148. The number of nitrogens with zero attached hydrogens (tertiary/aromatic N) is 1. The van der Waals surface area contributed by atoms with Crippen molar-refractivity contribution in [3.63, 3.8) is 0 Å². The third-order valence-corrected chi connectivity index (χ3v) is 9.79. The van der Waals surface area contributed by atoms with Crippen LogP contribution >= 0.6 is 0 Å². The van der Waals surface area contributed by atoms with Gasteiger partial charge >= 0.3 is 0 Å². The van der Waals surface area contributed by atoms with E-state index in [2.05, 4.69) is 24.4 Å². The predicted molar refractivity (Wildman–Crippen MR) is 119 cm³/mol. The van der Waals surface area contributed by atoms with Crippen molar-refractivity contribution in [1.29, 1.82) is 5.41 Å². The quantitative estimate of drug-likeness (QED) is 0.266. The Balaban J connectivity index is 1.51. The highest BCUT2D eigenvalue weighted by molar-refractivity contribution is 5.75. The Bertz CT molecular complexity index is 687. The molecule has 0 amide bonds. The van der Waals surface area contributed by atoms with E-state index in [0.717, 1.165) is 38.5 Å². The molecule has 7 heteroatoms. The number of aliphatic hydroxyl groups is 1. The van der Waals surface area contributed by atoms with Gasteiger partial charge < -0.3 is 21.3 Å². The van der Waals surface area contributed by atoms with Crippen molar-refractivity contribution in [1.82, 2.24) is 5.43 Å². The van der Waals surface area contributed by atoms with Crippen LogP contribution in [0.5, 0.6) is 0 Å². The number of hydrazone groups is 1. The first-order valence-electron chi connectivity index (χ1n) is 11.9. The molecule has 0 spiro atoms. The Morgan fingerprint density at radius 1 is 1.17 bits per heavy atom. The molecular weight excluding hydrogens is 378 g/mol. The van der Waals surface area contributed by atoms with Crippen molar-refractivity contribution in [2.24, 2.45) is 51.1 Å². The topological polar surface area (TPSA) is 130 Å². The van der Waals surface area contributed by atoms with E-state index in [1.54, 1.807) is 0 Å². The van der Waals surface area contributed by atoms with Gasteiger partial charge in [-0.1, -0.05) is 13.8 Å². The summed E-state index contributed by atoms with van der Waals surface area (Å²) in [6.45, 7) is 6.04. The summed E-state index contributed by atoms with van der Waals surface area (Å²) in [5.74, 6) is 1.74. The van der Waals surface area contributed by atoms with Gasteiger partial charge in [0.25, 0.3) is 0 Å². The van der Waals surface area contributed by atoms with Crippen LogP contribution in [0, 0.1) is 39.9 Å². The van der Waals surface area contributed by atoms with Crippen LogP contribution in [0.1, 0.15) is 71.6 Å². The molecule has 0 saturated heterocycles. The second-order valence-corrected chi connectivity index (χ2v) is 10.9. The van der Waals surface area contributed by atoms with Crippen LogP contribution in [0.15, 0.2) is 5.10 Å². The number of guanidine groups is 1. The molecule has 7 N–H and O–H groups in total. The predicted octanol–water partition coefficient (Wildman–Crippen LogP) is 2.57. The minimum Gasteiger partial charge on any atom is -0.389 e. The molecule has 0 aromatic rings. The molecule has 4 fully saturated rings. The molecule has 0 unspecified atom stereocenters. The van der Waals surface area contributed by atoms with Gasteiger partial charge in [0, 0.05) is 24.1 Å². The summed E-state index contributed by atoms with van der Waals surface area (Å²) < 4.78 is 6.02. The van der Waals surface area contributed by atoms with Gasteiger partial charge in [0.15, 0.2) is 0 Å². The van der Waals surface area contributed by atoms with Crippen molar-refractivity contribution < 1.29 is 9.84 Å². The Labute approximate surface area is 180 Å². The highest BCUT2D eigenvalue weighted by Gasteiger charge is 2.66. The highest BCUT2D eigenvalue weighted by Crippen LogP contribution is 2.68. The lowest BCUT2D eigenvalue weighted by molar-refractivity contribution is -0.207. The van der Waals surface area contributed by atoms with Crippen LogP contribution in [0.25, 0.3) is 0 Å². The molecule has 4 rings (SSSR count). The average Bonchev–Trinajstić information content (AvgIpc) is 2.97. The third-order valence-electron chi connectivity index (χ3n) is 9.79. The largest absolute Gasteiger partial charge is 0.389 e. The Kier molecular flexibility index (Phi) is 5.92. The average molecular weight is 420 g/mol. The first-order chi connectivity index (χ1) is 14.2. The summed E-state index contributed by atoms with van der Waals surface area (Å²) in [7, 11) is 0. The Hall–Kier alpha value is -1.18. The SMILES string of the molecule is C[C@]12CC[C@H](OCCN)C[C@H]1CC[C@@H]1[C@@H]2CC[C@]2(C)[C@@H](/C=N/NC(=N)N)CC[C@]12O. The summed E-state index contributed by atoms with van der Waals surface area (Å²) in [5, 5.41) is 23.6. The first kappa shape index (κ1) is 22.0. The van der Waals surface area contributed by atoms with Gasteiger partial charge in [-0.25, -0.2) is 5.43 Å². The van der Waals surface area contributed by atoms with E-state index in [9.17, 15) is 5.11 Å². The number of hydrogen-bond acceptors (Lipinski definition) is 5. The van der Waals surface area contributed by atoms with Gasteiger partial charge in [0.1, 0.15) is 0 Å². The van der Waals surface area contributed by atoms with Gasteiger partial charge in [0.05, 0.1) is 18.3 Å². The van der Waals surface area contributed by atoms with Crippen LogP contribution in [0.4, 0.5) is 0 Å². The molecule has 4 saturated carbocycles. The van der Waals surface area contributed by atoms with Crippen LogP contribution in [0.2, 0.25) is 0 Å². The molecule has 4 aliphatic carbocycles. The zero-order valence-electron chi connectivity index (χ0n) is 18.7. The van der Waals surface area contributed by atoms with Crippen molar-refractivity contribution >= 4 is 12.2 Å². The van der Waals surface area contributed by atoms with E-state index >= 15 is 0 Å². The number of fused-ring (bicyclic) bond motifs is 5. The van der Waals surface area contributed by atoms with E-state index in [4.69, 9.17) is 21.6 Å². The van der Waals surface area contributed by atoms with Crippen molar-refractivity contribution in [3.05, 3.63) is 0 Å². The highest BCUT2D eigenvalue weighted by atomic mass is 16.5. The molecule has 7 nitrogen and oxygen atoms in total. The number of ether oxygens (including phenoxy) is 1. The molecule has 0 aromatic heterocycles. The molecule has 8 atom stereocenters. The van der Waals surface area contributed by atoms with E-state index < -0.39 is 5.60 Å². The van der Waals surface area contributed by atoms with Gasteiger partial charge in [-0.15, -0.1) is 0 Å². The zero-order valence-corrected chi connectivity index (χ0v) is 18.7. The molecule has 4 aliphatic rings. The molecule has 0 bridgehead atoms. The molecule has 0 radical (unpaired) electrons. The van der Waals surface area contributed by atoms with E-state index in [0.29, 0.717) is 42.4 Å². The van der Waals surface area contributed by atoms with Crippen molar-refractivity contribution in [2.75, 3.05) is 13.2 Å². The van der Waals surface area contributed by atoms with Crippen LogP contribution in [-0.2, 0) is 4.74 Å². The fraction of sp³-hybridized carbons (Fsp3) is 0.913. The lowest BCUT2D eigenvalue weighted by atomic mass is 9.43. The number of rotatable bonds is 5. The monoisotopic (exact) mass is 419 g/mol. The maximum atomic E-state index is 12.1. The van der Waals surface area contributed by atoms with Crippen LogP contribution < -0.4 is 16.9 Å². The van der Waals surface area contributed by atoms with Crippen molar-refractivity contribution in [2.45, 2.75) is 83.3 Å². The maximum Gasteiger partial charge on any atom is 0.206 e. The Morgan fingerprint density at radius 3 is 2.70 bits per heavy atom. The summed E-state index contributed by atoms with van der Waals surface area (Å²) in [4.78, 5) is 0. The van der Waals surface area contributed by atoms with E-state index in [-0.39, 0.29) is 17.3 Å². The van der Waals surface area contributed by atoms with Gasteiger partial charge in [-0.2, -0.15) is 5.10 Å². The van der Waals surface area contributed by atoms with Crippen LogP contribution in [-0.4, -0.2) is 42.1 Å². The fourth-order valence-corrected chi connectivity index (χ4v) is 8.05. The van der Waals surface area contributed by atoms with Gasteiger partial charge in [0.2, 0.25) is 5.96 Å². The molecule has 0 aliphatic heterocycles. The standard InChI is InChI=1S/C23H41N5O2/c1-21-8-6-17(30-12-11-24)13-15(21)3-4-19-18(21)7-9-22(2)16(5-10-23(19,22)29)14-27-28-20(25)26/h14-19,29H,3-13,24H2,1-2H3,(H4,25,26,28)/b27-14+/t15-,16-,17+,18+,19-,21+,22-,23+/m1/s1. The lowest BCUT2D eigenvalue weighted by Gasteiger charge is -2.63. The van der Waals surface area contributed by atoms with E-state index in [1.165, 1.54) is 19.3 Å². The summed E-state index contributed by atoms with van der Waals surface area (Å²) in [5.41, 5.74) is 13.1. The van der Waals surface area contributed by atoms with Gasteiger partial charge in [-0.05, 0) is 81.0 Å². The van der Waals surface area contributed by atoms with Gasteiger partial charge in [-0.3, -0.25) is 5.41 Å². The Morgan fingerprint density at radius 2 is 1.97 bits per heavy atom. The molecule has 170 valence electrons. The third kappa shape index (κ3) is 3.37. The molecule has 0 heterocycles. The zero-order chi connectivity index (χ0) is 21.6. The number of nitrogens with one attached hydrogen (secondary N) is 2. The second-order valence-electron chi connectivity index (χ2n) is 10.9. The summed E-state index contributed by atoms with van der Waals surface area (Å²) in [6, 6.07) is 0. The smallest absolute Gasteiger partial charge is 0.206 e. The normalized spacial score (nSPS) is 48.1. The summed E-state index contributed by atoms with van der Waals surface area (Å²) >= 11 is 0. The molecule has 30 heavy (non-hydrogen) atoms. The minimum atomic E-state index is -0.621. The van der Waals surface area contributed by atoms with Crippen LogP contribution in [0.3, 0.4) is 0 Å². The lowest BCUT2D eigenvalue weighted by Crippen LogP contribution is -2.62. The fourth-order valence-electron chi connectivity index (χ4n) is 8.05. The summed E-state index contributed by atoms with van der Waals surface area (Å²) in [6.07, 6.45) is 12.1. The second kappa shape index (κ2) is 8.06. The maximum absolute atomic E-state index is 12.1.